The quantitative estimate of drug-likeness (QED) is 0.362. The van der Waals surface area contributed by atoms with Crippen LogP contribution in [0.1, 0.15) is 54.4 Å². The number of alkyl halides is 1. The zero-order valence-corrected chi connectivity index (χ0v) is 19.6. The van der Waals surface area contributed by atoms with E-state index in [0.29, 0.717) is 18.8 Å². The molecule has 1 aromatic carbocycles. The molecule has 7 heteroatoms. The number of aromatic nitrogens is 3. The molecular formula is C27H28FN3O3. The van der Waals surface area contributed by atoms with Crippen molar-refractivity contribution in [1.82, 2.24) is 14.7 Å². The summed E-state index contributed by atoms with van der Waals surface area (Å²) in [7, 11) is 0. The number of pyridine rings is 1. The van der Waals surface area contributed by atoms with Crippen LogP contribution < -0.4 is 0 Å². The topological polar surface area (TPSA) is 81.2 Å². The highest BCUT2D eigenvalue weighted by molar-refractivity contribution is 5.97. The fourth-order valence-electron chi connectivity index (χ4n) is 5.12. The highest BCUT2D eigenvalue weighted by atomic mass is 19.1. The Labute approximate surface area is 197 Å². The highest BCUT2D eigenvalue weighted by Gasteiger charge is 2.31. The van der Waals surface area contributed by atoms with E-state index in [1.54, 1.807) is 25.1 Å². The summed E-state index contributed by atoms with van der Waals surface area (Å²) < 4.78 is 21.9. The van der Waals surface area contributed by atoms with Gasteiger partial charge in [0, 0.05) is 35.6 Å². The molecule has 1 aliphatic carbocycles. The Bertz CT molecular complexity index is 1360. The van der Waals surface area contributed by atoms with E-state index in [4.69, 9.17) is 9.51 Å². The lowest BCUT2D eigenvalue weighted by molar-refractivity contribution is 0.0697. The molecular weight excluding hydrogens is 433 g/mol. The number of carboxylic acids is 1. The third-order valence-corrected chi connectivity index (χ3v) is 7.06. The summed E-state index contributed by atoms with van der Waals surface area (Å²) in [6.07, 6.45) is 6.71. The summed E-state index contributed by atoms with van der Waals surface area (Å²) >= 11 is 0. The first-order valence-corrected chi connectivity index (χ1v) is 11.7. The summed E-state index contributed by atoms with van der Waals surface area (Å²) in [5.74, 6) is 0.150. The third-order valence-electron chi connectivity index (χ3n) is 7.06. The van der Waals surface area contributed by atoms with E-state index in [9.17, 15) is 14.3 Å². The van der Waals surface area contributed by atoms with Crippen molar-refractivity contribution in [2.75, 3.05) is 0 Å². The predicted octanol–water partition coefficient (Wildman–Crippen LogP) is 6.59. The van der Waals surface area contributed by atoms with Gasteiger partial charge in [0.2, 0.25) is 0 Å². The van der Waals surface area contributed by atoms with E-state index in [1.807, 2.05) is 26.1 Å². The molecule has 3 heterocycles. The molecule has 0 amide bonds. The van der Waals surface area contributed by atoms with Gasteiger partial charge in [0.1, 0.15) is 11.4 Å². The average molecular weight is 462 g/mol. The Morgan fingerprint density at radius 3 is 2.68 bits per heavy atom. The zero-order chi connectivity index (χ0) is 24.0. The van der Waals surface area contributed by atoms with Crippen molar-refractivity contribution < 1.29 is 18.8 Å². The second kappa shape index (κ2) is 8.38. The maximum absolute atomic E-state index is 14.4. The average Bonchev–Trinajstić information content (AvgIpc) is 3.34. The van der Waals surface area contributed by atoms with Gasteiger partial charge in [-0.1, -0.05) is 17.3 Å². The van der Waals surface area contributed by atoms with Crippen LogP contribution in [0.3, 0.4) is 0 Å². The lowest BCUT2D eigenvalue weighted by Crippen LogP contribution is -2.27. The van der Waals surface area contributed by atoms with Crippen LogP contribution in [0.5, 0.6) is 0 Å². The molecule has 34 heavy (non-hydrogen) atoms. The molecule has 1 N–H and O–H groups in total. The standard InChI is InChI=1S/C27H28FN3O3/c1-16-24(17(2)34-30-16)21-12-23-25(29-13-21)22(19-5-4-6-20(11-19)26(32)33)15-31(23)14-18-7-9-27(3,28)10-8-18/h4-6,11-13,15,18H,7-10,14H2,1-3H3,(H,32,33). The number of benzene rings is 1. The third kappa shape index (κ3) is 4.11. The van der Waals surface area contributed by atoms with Crippen molar-refractivity contribution in [1.29, 1.82) is 0 Å². The minimum atomic E-state index is -1.07. The molecule has 0 spiro atoms. The monoisotopic (exact) mass is 461 g/mol. The molecule has 3 aromatic heterocycles. The van der Waals surface area contributed by atoms with E-state index in [1.165, 1.54) is 0 Å². The number of carbonyl (C=O) groups is 1. The highest BCUT2D eigenvalue weighted by Crippen LogP contribution is 2.38. The first kappa shape index (κ1) is 22.3. The van der Waals surface area contributed by atoms with Crippen molar-refractivity contribution in [2.45, 2.75) is 58.7 Å². The van der Waals surface area contributed by atoms with Crippen LogP contribution in [-0.4, -0.2) is 31.5 Å². The van der Waals surface area contributed by atoms with Crippen LogP contribution in [0.15, 0.2) is 47.2 Å². The molecule has 1 aliphatic rings. The summed E-state index contributed by atoms with van der Waals surface area (Å²) in [6, 6.07) is 9.03. The van der Waals surface area contributed by atoms with Crippen molar-refractivity contribution >= 4 is 17.0 Å². The summed E-state index contributed by atoms with van der Waals surface area (Å²) in [6.45, 7) is 6.25. The van der Waals surface area contributed by atoms with E-state index in [2.05, 4.69) is 22.0 Å². The molecule has 1 saturated carbocycles. The van der Waals surface area contributed by atoms with Crippen molar-refractivity contribution in [3.8, 4) is 22.3 Å². The lowest BCUT2D eigenvalue weighted by Gasteiger charge is -2.31. The van der Waals surface area contributed by atoms with Gasteiger partial charge < -0.3 is 14.2 Å². The van der Waals surface area contributed by atoms with Crippen LogP contribution in [0, 0.1) is 19.8 Å². The Morgan fingerprint density at radius 2 is 2.00 bits per heavy atom. The van der Waals surface area contributed by atoms with Gasteiger partial charge in [0.05, 0.1) is 22.3 Å². The number of hydrogen-bond acceptors (Lipinski definition) is 4. The fraction of sp³-hybridized carbons (Fsp3) is 0.370. The van der Waals surface area contributed by atoms with E-state index < -0.39 is 11.6 Å². The van der Waals surface area contributed by atoms with Gasteiger partial charge in [0.15, 0.2) is 0 Å². The minimum Gasteiger partial charge on any atom is -0.478 e. The van der Waals surface area contributed by atoms with Crippen LogP contribution in [0.25, 0.3) is 33.3 Å². The molecule has 6 nitrogen and oxygen atoms in total. The molecule has 0 atom stereocenters. The van der Waals surface area contributed by atoms with Crippen LogP contribution in [-0.2, 0) is 6.54 Å². The molecule has 5 rings (SSSR count). The minimum absolute atomic E-state index is 0.236. The van der Waals surface area contributed by atoms with Gasteiger partial charge in [-0.15, -0.1) is 0 Å². The summed E-state index contributed by atoms with van der Waals surface area (Å²) in [4.78, 5) is 16.4. The van der Waals surface area contributed by atoms with Crippen molar-refractivity contribution in [3.63, 3.8) is 0 Å². The van der Waals surface area contributed by atoms with Gasteiger partial charge >= 0.3 is 5.97 Å². The van der Waals surface area contributed by atoms with E-state index >= 15 is 0 Å². The first-order valence-electron chi connectivity index (χ1n) is 11.7. The van der Waals surface area contributed by atoms with Crippen LogP contribution >= 0.6 is 0 Å². The molecule has 0 bridgehead atoms. The molecule has 0 unspecified atom stereocenters. The Morgan fingerprint density at radius 1 is 1.24 bits per heavy atom. The molecule has 0 aliphatic heterocycles. The number of hydrogen-bond donors (Lipinski definition) is 1. The molecule has 0 saturated heterocycles. The van der Waals surface area contributed by atoms with E-state index in [0.717, 1.165) is 64.1 Å². The van der Waals surface area contributed by atoms with E-state index in [-0.39, 0.29) is 5.56 Å². The van der Waals surface area contributed by atoms with Gasteiger partial charge in [-0.2, -0.15) is 0 Å². The molecule has 0 radical (unpaired) electrons. The van der Waals surface area contributed by atoms with Crippen LogP contribution in [0.4, 0.5) is 4.39 Å². The van der Waals surface area contributed by atoms with Crippen LogP contribution in [0.2, 0.25) is 0 Å². The number of aromatic carboxylic acids is 1. The van der Waals surface area contributed by atoms with Gasteiger partial charge in [-0.3, -0.25) is 4.98 Å². The smallest absolute Gasteiger partial charge is 0.335 e. The number of carboxylic acid groups (broad SMARTS) is 1. The molecule has 176 valence electrons. The largest absolute Gasteiger partial charge is 0.478 e. The first-order chi connectivity index (χ1) is 16.2. The maximum atomic E-state index is 14.4. The molecule has 4 aromatic rings. The Hall–Kier alpha value is -3.48. The van der Waals surface area contributed by atoms with Crippen molar-refractivity contribution in [3.05, 3.63) is 59.7 Å². The molecule has 1 fully saturated rings. The summed E-state index contributed by atoms with van der Waals surface area (Å²) in [5.41, 5.74) is 5.29. The maximum Gasteiger partial charge on any atom is 0.335 e. The van der Waals surface area contributed by atoms with Gasteiger partial charge in [-0.25, -0.2) is 9.18 Å². The Balaban J connectivity index is 1.62. The summed E-state index contributed by atoms with van der Waals surface area (Å²) in [5, 5.41) is 13.5. The number of fused-ring (bicyclic) bond motifs is 1. The normalized spacial score (nSPS) is 20.6. The SMILES string of the molecule is Cc1noc(C)c1-c1cnc2c(-c3cccc(C(=O)O)c3)cn(CC3CCC(C)(F)CC3)c2c1. The predicted molar refractivity (Wildman–Crippen MR) is 129 cm³/mol. The number of nitrogens with zero attached hydrogens (tertiary/aromatic N) is 3. The number of aryl methyl sites for hydroxylation is 2. The zero-order valence-electron chi connectivity index (χ0n) is 19.6. The van der Waals surface area contributed by atoms with Crippen molar-refractivity contribution in [2.24, 2.45) is 5.92 Å². The lowest BCUT2D eigenvalue weighted by atomic mass is 9.81. The number of rotatable bonds is 5. The van der Waals surface area contributed by atoms with Gasteiger partial charge in [0.25, 0.3) is 0 Å². The fourth-order valence-corrected chi connectivity index (χ4v) is 5.12. The number of halogens is 1. The second-order valence-corrected chi connectivity index (χ2v) is 9.73. The Kier molecular flexibility index (Phi) is 5.50. The second-order valence-electron chi connectivity index (χ2n) is 9.73. The van der Waals surface area contributed by atoms with Gasteiger partial charge in [-0.05, 0) is 76.1 Å².